The summed E-state index contributed by atoms with van der Waals surface area (Å²) < 4.78 is 5.67. The van der Waals surface area contributed by atoms with Crippen LogP contribution in [0.25, 0.3) is 0 Å². The third-order valence-corrected chi connectivity index (χ3v) is 4.30. The van der Waals surface area contributed by atoms with Crippen LogP contribution in [0.15, 0.2) is 48.7 Å². The monoisotopic (exact) mass is 355 g/mol. The molecule has 0 aliphatic carbocycles. The van der Waals surface area contributed by atoms with Crippen molar-refractivity contribution in [3.05, 3.63) is 59.9 Å². The number of pyridine rings is 1. The summed E-state index contributed by atoms with van der Waals surface area (Å²) in [6, 6.07) is 12.9. The number of hydrogen-bond acceptors (Lipinski definition) is 4. The molecule has 2 amide bonds. The minimum atomic E-state index is -0.846. The van der Waals surface area contributed by atoms with Gasteiger partial charge in [0.15, 0.2) is 0 Å². The molecule has 7 nitrogen and oxygen atoms in total. The Bertz CT molecular complexity index is 749. The lowest BCUT2D eigenvalue weighted by molar-refractivity contribution is -0.141. The minimum absolute atomic E-state index is 0.232. The van der Waals surface area contributed by atoms with Crippen molar-refractivity contribution in [1.82, 2.24) is 15.2 Å². The summed E-state index contributed by atoms with van der Waals surface area (Å²) in [5.74, 6) is -0.576. The van der Waals surface area contributed by atoms with Gasteiger partial charge >= 0.3 is 12.0 Å². The molecule has 2 N–H and O–H groups in total. The first-order valence-electron chi connectivity index (χ1n) is 8.49. The van der Waals surface area contributed by atoms with Crippen LogP contribution in [0.2, 0.25) is 0 Å². The molecule has 0 bridgehead atoms. The number of likely N-dealkylation sites (tertiary alicyclic amines) is 1. The average molecular weight is 355 g/mol. The predicted molar refractivity (Wildman–Crippen MR) is 94.6 cm³/mol. The predicted octanol–water partition coefficient (Wildman–Crippen LogP) is 2.28. The van der Waals surface area contributed by atoms with Crippen molar-refractivity contribution in [2.75, 3.05) is 13.1 Å². The van der Waals surface area contributed by atoms with Gasteiger partial charge in [0.05, 0.1) is 11.6 Å². The summed E-state index contributed by atoms with van der Waals surface area (Å²) in [4.78, 5) is 28.8. The maximum absolute atomic E-state index is 12.1. The highest BCUT2D eigenvalue weighted by Crippen LogP contribution is 2.17. The molecular weight excluding hydrogens is 334 g/mol. The highest BCUT2D eigenvalue weighted by molar-refractivity contribution is 5.77. The van der Waals surface area contributed by atoms with Crippen molar-refractivity contribution in [1.29, 1.82) is 0 Å². The number of urea groups is 1. The van der Waals surface area contributed by atoms with Crippen LogP contribution in [-0.2, 0) is 17.9 Å². The van der Waals surface area contributed by atoms with Crippen LogP contribution < -0.4 is 10.1 Å². The molecule has 26 heavy (non-hydrogen) atoms. The number of nitrogens with one attached hydrogen (secondary N) is 1. The Morgan fingerprint density at radius 1 is 1.23 bits per heavy atom. The molecule has 1 atom stereocenters. The third-order valence-electron chi connectivity index (χ3n) is 4.30. The van der Waals surface area contributed by atoms with Crippen LogP contribution in [0.4, 0.5) is 4.79 Å². The number of ether oxygens (including phenoxy) is 1. The lowest BCUT2D eigenvalue weighted by atomic mass is 10.1. The quantitative estimate of drug-likeness (QED) is 0.829. The molecule has 136 valence electrons. The van der Waals surface area contributed by atoms with Crippen LogP contribution in [0.1, 0.15) is 17.7 Å². The van der Waals surface area contributed by atoms with Gasteiger partial charge < -0.3 is 20.1 Å². The van der Waals surface area contributed by atoms with Gasteiger partial charge in [0.25, 0.3) is 0 Å². The van der Waals surface area contributed by atoms with Crippen molar-refractivity contribution >= 4 is 12.0 Å². The van der Waals surface area contributed by atoms with Gasteiger partial charge in [-0.15, -0.1) is 0 Å². The maximum atomic E-state index is 12.1. The van der Waals surface area contributed by atoms with Crippen molar-refractivity contribution in [2.24, 2.45) is 5.92 Å². The zero-order valence-corrected chi connectivity index (χ0v) is 14.3. The first kappa shape index (κ1) is 17.7. The maximum Gasteiger partial charge on any atom is 0.317 e. The summed E-state index contributed by atoms with van der Waals surface area (Å²) in [7, 11) is 0. The third kappa shape index (κ3) is 4.72. The zero-order valence-electron chi connectivity index (χ0n) is 14.3. The van der Waals surface area contributed by atoms with E-state index in [2.05, 4.69) is 10.3 Å². The van der Waals surface area contributed by atoms with Crippen molar-refractivity contribution < 1.29 is 19.4 Å². The summed E-state index contributed by atoms with van der Waals surface area (Å²) in [6.45, 7) is 1.52. The van der Waals surface area contributed by atoms with E-state index >= 15 is 0 Å². The fourth-order valence-electron chi connectivity index (χ4n) is 2.78. The molecule has 1 aliphatic rings. The lowest BCUT2D eigenvalue weighted by Crippen LogP contribution is -2.38. The van der Waals surface area contributed by atoms with E-state index in [4.69, 9.17) is 9.84 Å². The van der Waals surface area contributed by atoms with Crippen LogP contribution in [-0.4, -0.2) is 40.1 Å². The SMILES string of the molecule is O=C(O)C1CCN(C(=O)NCc2ccc(OCc3ccccn3)cc2)C1. The largest absolute Gasteiger partial charge is 0.487 e. The standard InChI is InChI=1S/C19H21N3O4/c23-18(24)15-8-10-22(12-15)19(25)21-11-14-4-6-17(7-5-14)26-13-16-3-1-2-9-20-16/h1-7,9,15H,8,10-13H2,(H,21,25)(H,23,24). The molecule has 1 aromatic carbocycles. The van der Waals surface area contributed by atoms with E-state index in [9.17, 15) is 9.59 Å². The number of benzene rings is 1. The van der Waals surface area contributed by atoms with E-state index in [0.717, 1.165) is 17.0 Å². The molecule has 1 aromatic heterocycles. The second kappa shape index (κ2) is 8.33. The topological polar surface area (TPSA) is 91.8 Å². The van der Waals surface area contributed by atoms with Crippen LogP contribution in [0, 0.1) is 5.92 Å². The molecule has 3 rings (SSSR count). The van der Waals surface area contributed by atoms with E-state index in [-0.39, 0.29) is 12.6 Å². The van der Waals surface area contributed by atoms with E-state index < -0.39 is 11.9 Å². The number of carboxylic acids is 1. The van der Waals surface area contributed by atoms with Crippen LogP contribution >= 0.6 is 0 Å². The molecule has 0 radical (unpaired) electrons. The Morgan fingerprint density at radius 2 is 2.04 bits per heavy atom. The van der Waals surface area contributed by atoms with E-state index in [1.165, 1.54) is 0 Å². The highest BCUT2D eigenvalue weighted by Gasteiger charge is 2.30. The Hall–Kier alpha value is -3.09. The van der Waals surface area contributed by atoms with Gasteiger partial charge in [-0.25, -0.2) is 4.79 Å². The van der Waals surface area contributed by atoms with Gasteiger partial charge in [-0.2, -0.15) is 0 Å². The fourth-order valence-corrected chi connectivity index (χ4v) is 2.78. The normalized spacial score (nSPS) is 16.3. The Labute approximate surface area is 151 Å². The minimum Gasteiger partial charge on any atom is -0.487 e. The number of hydrogen-bond donors (Lipinski definition) is 2. The van der Waals surface area contributed by atoms with Gasteiger partial charge in [0, 0.05) is 25.8 Å². The molecular formula is C19H21N3O4. The molecule has 1 saturated heterocycles. The second-order valence-electron chi connectivity index (χ2n) is 6.18. The number of aliphatic carboxylic acids is 1. The van der Waals surface area contributed by atoms with E-state index in [0.29, 0.717) is 26.1 Å². The lowest BCUT2D eigenvalue weighted by Gasteiger charge is -2.16. The highest BCUT2D eigenvalue weighted by atomic mass is 16.5. The Balaban J connectivity index is 1.44. The zero-order chi connectivity index (χ0) is 18.4. The molecule has 1 aliphatic heterocycles. The molecule has 0 spiro atoms. The molecule has 0 saturated carbocycles. The smallest absolute Gasteiger partial charge is 0.317 e. The number of amides is 2. The fraction of sp³-hybridized carbons (Fsp3) is 0.316. The molecule has 2 heterocycles. The second-order valence-corrected chi connectivity index (χ2v) is 6.18. The summed E-state index contributed by atoms with van der Waals surface area (Å²) in [6.07, 6.45) is 2.23. The summed E-state index contributed by atoms with van der Waals surface area (Å²) in [5, 5.41) is 11.8. The number of carbonyl (C=O) groups is 2. The van der Waals surface area contributed by atoms with Gasteiger partial charge in [-0.3, -0.25) is 9.78 Å². The summed E-state index contributed by atoms with van der Waals surface area (Å²) >= 11 is 0. The molecule has 2 aromatic rings. The number of aromatic nitrogens is 1. The van der Waals surface area contributed by atoms with Crippen molar-refractivity contribution in [3.8, 4) is 5.75 Å². The molecule has 1 unspecified atom stereocenters. The molecule has 7 heteroatoms. The van der Waals surface area contributed by atoms with Crippen molar-refractivity contribution in [2.45, 2.75) is 19.6 Å². The molecule has 1 fully saturated rings. The van der Waals surface area contributed by atoms with Gasteiger partial charge in [0.1, 0.15) is 12.4 Å². The van der Waals surface area contributed by atoms with Crippen molar-refractivity contribution in [3.63, 3.8) is 0 Å². The summed E-state index contributed by atoms with van der Waals surface area (Å²) in [5.41, 5.74) is 1.80. The number of carboxylic acid groups (broad SMARTS) is 1. The number of carbonyl (C=O) groups excluding carboxylic acids is 1. The number of nitrogens with zero attached hydrogens (tertiary/aromatic N) is 2. The van der Waals surface area contributed by atoms with Crippen LogP contribution in [0.5, 0.6) is 5.75 Å². The van der Waals surface area contributed by atoms with Gasteiger partial charge in [-0.05, 0) is 36.2 Å². The van der Waals surface area contributed by atoms with E-state index in [1.54, 1.807) is 11.1 Å². The van der Waals surface area contributed by atoms with Crippen LogP contribution in [0.3, 0.4) is 0 Å². The van der Waals surface area contributed by atoms with Gasteiger partial charge in [-0.1, -0.05) is 18.2 Å². The number of rotatable bonds is 6. The first-order valence-corrected chi connectivity index (χ1v) is 8.49. The average Bonchev–Trinajstić information content (AvgIpc) is 3.17. The van der Waals surface area contributed by atoms with E-state index in [1.807, 2.05) is 42.5 Å². The Morgan fingerprint density at radius 3 is 2.69 bits per heavy atom. The van der Waals surface area contributed by atoms with Gasteiger partial charge in [0.2, 0.25) is 0 Å². The Kier molecular flexibility index (Phi) is 5.68. The first-order chi connectivity index (χ1) is 12.6.